The summed E-state index contributed by atoms with van der Waals surface area (Å²) in [7, 11) is 1.70. The van der Waals surface area contributed by atoms with E-state index in [2.05, 4.69) is 28.0 Å². The molecule has 0 bridgehead atoms. The molecule has 3 heterocycles. The number of thioether (sulfide) groups is 1. The van der Waals surface area contributed by atoms with E-state index in [0.29, 0.717) is 26.9 Å². The van der Waals surface area contributed by atoms with Crippen LogP contribution >= 0.6 is 24.0 Å². The number of carboxylic acid groups (broad SMARTS) is 1. The molecule has 0 radical (unpaired) electrons. The van der Waals surface area contributed by atoms with E-state index >= 15 is 0 Å². The molecule has 2 aliphatic heterocycles. The maximum absolute atomic E-state index is 13.5. The van der Waals surface area contributed by atoms with Crippen LogP contribution in [0.15, 0.2) is 40.0 Å². The molecule has 0 saturated carbocycles. The van der Waals surface area contributed by atoms with Crippen LogP contribution in [0.1, 0.15) is 80.0 Å². The number of thiocarbonyl (C=S) groups is 1. The van der Waals surface area contributed by atoms with Gasteiger partial charge in [-0.15, -0.1) is 0 Å². The lowest BCUT2D eigenvalue weighted by atomic mass is 10.0. The molecule has 11 heteroatoms. The molecule has 240 valence electrons. The molecule has 9 nitrogen and oxygen atoms in total. The predicted octanol–water partition coefficient (Wildman–Crippen LogP) is 5.68. The first-order valence-electron chi connectivity index (χ1n) is 15.8. The Kier molecular flexibility index (Phi) is 12.8. The van der Waals surface area contributed by atoms with Gasteiger partial charge in [-0.1, -0.05) is 92.8 Å². The number of unbranched alkanes of at least 4 members (excludes halogenated alkanes) is 7. The van der Waals surface area contributed by atoms with Crippen molar-refractivity contribution < 1.29 is 14.7 Å². The van der Waals surface area contributed by atoms with Gasteiger partial charge in [0.2, 0.25) is 0 Å². The fourth-order valence-electron chi connectivity index (χ4n) is 5.98. The molecule has 2 aliphatic rings. The Balaban J connectivity index is 1.40. The molecular weight excluding hydrogens is 607 g/mol. The molecule has 1 aromatic carbocycles. The van der Waals surface area contributed by atoms with Gasteiger partial charge >= 0.3 is 5.97 Å². The van der Waals surface area contributed by atoms with Crippen LogP contribution in [0.5, 0.6) is 0 Å². The number of carbonyl (C=O) groups excluding carboxylic acids is 1. The number of hydrogen-bond acceptors (Lipinski definition) is 8. The lowest BCUT2D eigenvalue weighted by Gasteiger charge is -2.37. The number of nitriles is 1. The van der Waals surface area contributed by atoms with E-state index in [0.717, 1.165) is 89.9 Å². The van der Waals surface area contributed by atoms with E-state index in [-0.39, 0.29) is 23.5 Å². The van der Waals surface area contributed by atoms with Crippen molar-refractivity contribution in [2.45, 2.75) is 71.3 Å². The zero-order valence-electron chi connectivity index (χ0n) is 26.3. The lowest BCUT2D eigenvalue weighted by molar-refractivity contribution is -0.137. The Labute approximate surface area is 275 Å². The third kappa shape index (κ3) is 9.06. The Morgan fingerprint density at radius 2 is 1.62 bits per heavy atom. The molecule has 1 amide bonds. The minimum absolute atomic E-state index is 0.0903. The summed E-state index contributed by atoms with van der Waals surface area (Å²) in [6.07, 6.45) is 9.92. The highest BCUT2D eigenvalue weighted by Gasteiger charge is 2.33. The van der Waals surface area contributed by atoms with Crippen molar-refractivity contribution in [3.05, 3.63) is 67.8 Å². The van der Waals surface area contributed by atoms with Crippen molar-refractivity contribution in [3.63, 3.8) is 0 Å². The predicted molar refractivity (Wildman–Crippen MR) is 184 cm³/mol. The number of carboxylic acids is 1. The highest BCUT2D eigenvalue weighted by atomic mass is 32.2. The fourth-order valence-corrected chi connectivity index (χ4v) is 7.27. The number of benzene rings is 1. The smallest absolute Gasteiger partial charge is 0.303 e. The van der Waals surface area contributed by atoms with Crippen LogP contribution < -0.4 is 10.5 Å². The molecule has 0 spiro atoms. The number of aliphatic carboxylic acids is 1. The fraction of sp³-hybridized carbons (Fsp3) is 0.500. The van der Waals surface area contributed by atoms with Gasteiger partial charge in [0.05, 0.1) is 4.91 Å². The van der Waals surface area contributed by atoms with Crippen LogP contribution in [0.25, 0.3) is 6.08 Å². The number of amides is 1. The van der Waals surface area contributed by atoms with Crippen LogP contribution in [0, 0.1) is 18.3 Å². The van der Waals surface area contributed by atoms with E-state index in [9.17, 15) is 19.6 Å². The number of piperazine rings is 1. The second-order valence-corrected chi connectivity index (χ2v) is 13.4. The first-order chi connectivity index (χ1) is 21.7. The van der Waals surface area contributed by atoms with Crippen LogP contribution in [0.4, 0.5) is 5.82 Å². The second kappa shape index (κ2) is 16.7. The molecule has 0 atom stereocenters. The standard InChI is InChI=1S/C34H43N5O4S2/c1-25-27(22-29-33(43)39(34(44)45-29)17-13-8-6-4-3-5-7-12-16-30(40)41)31(36(2)32(42)28(25)23-35)38-20-18-37(19-21-38)24-26-14-10-9-11-15-26/h9-11,14-15,22H,3-8,12-13,16-21,24H2,1-2H3,(H,40,41)/b29-22+. The summed E-state index contributed by atoms with van der Waals surface area (Å²) in [5.41, 5.74) is 2.32. The molecule has 4 rings (SSSR count). The molecule has 0 unspecified atom stereocenters. The van der Waals surface area contributed by atoms with Crippen molar-refractivity contribution in [1.29, 1.82) is 5.26 Å². The Hall–Kier alpha value is -3.46. The topological polar surface area (TPSA) is 110 Å². The largest absolute Gasteiger partial charge is 0.481 e. The van der Waals surface area contributed by atoms with Crippen LogP contribution in [0.3, 0.4) is 0 Å². The molecule has 1 N–H and O–H groups in total. The molecule has 0 aliphatic carbocycles. The minimum atomic E-state index is -0.731. The number of anilines is 1. The molecule has 2 saturated heterocycles. The van der Waals surface area contributed by atoms with Crippen molar-refractivity contribution in [1.82, 2.24) is 14.4 Å². The maximum atomic E-state index is 13.5. The van der Waals surface area contributed by atoms with Crippen molar-refractivity contribution in [2.75, 3.05) is 37.6 Å². The van der Waals surface area contributed by atoms with Crippen LogP contribution in [0.2, 0.25) is 0 Å². The zero-order valence-corrected chi connectivity index (χ0v) is 27.9. The maximum Gasteiger partial charge on any atom is 0.303 e. The average molecular weight is 650 g/mol. The quantitative estimate of drug-likeness (QED) is 0.148. The number of aromatic nitrogens is 1. The third-order valence-electron chi connectivity index (χ3n) is 8.56. The number of hydrogen-bond donors (Lipinski definition) is 1. The summed E-state index contributed by atoms with van der Waals surface area (Å²) in [6, 6.07) is 12.5. The van der Waals surface area contributed by atoms with E-state index in [1.54, 1.807) is 23.4 Å². The van der Waals surface area contributed by atoms with Crippen LogP contribution in [-0.4, -0.2) is 68.4 Å². The zero-order chi connectivity index (χ0) is 32.3. The van der Waals surface area contributed by atoms with Crippen LogP contribution in [-0.2, 0) is 23.2 Å². The van der Waals surface area contributed by atoms with Gasteiger partial charge in [0.25, 0.3) is 11.5 Å². The van der Waals surface area contributed by atoms with Gasteiger partial charge in [-0.3, -0.25) is 28.8 Å². The summed E-state index contributed by atoms with van der Waals surface area (Å²) in [4.78, 5) is 44.1. The highest BCUT2D eigenvalue weighted by Crippen LogP contribution is 2.36. The first kappa shape index (κ1) is 34.4. The van der Waals surface area contributed by atoms with Gasteiger partial charge in [0.1, 0.15) is 21.8 Å². The molecule has 2 fully saturated rings. The van der Waals surface area contributed by atoms with Gasteiger partial charge in [0.15, 0.2) is 0 Å². The summed E-state index contributed by atoms with van der Waals surface area (Å²) in [5, 5.41) is 18.6. The Bertz CT molecular complexity index is 1510. The van der Waals surface area contributed by atoms with E-state index in [1.165, 1.54) is 17.3 Å². The van der Waals surface area contributed by atoms with Crippen molar-refractivity contribution in [2.24, 2.45) is 7.05 Å². The third-order valence-corrected chi connectivity index (χ3v) is 9.94. The normalized spacial score (nSPS) is 16.5. The van der Waals surface area contributed by atoms with Crippen molar-refractivity contribution >= 4 is 52.1 Å². The summed E-state index contributed by atoms with van der Waals surface area (Å²) in [6.45, 7) is 6.30. The monoisotopic (exact) mass is 649 g/mol. The second-order valence-electron chi connectivity index (χ2n) is 11.8. The van der Waals surface area contributed by atoms with Gasteiger partial charge in [-0.05, 0) is 37.0 Å². The Morgan fingerprint density at radius 1 is 1.00 bits per heavy atom. The highest BCUT2D eigenvalue weighted by molar-refractivity contribution is 8.26. The summed E-state index contributed by atoms with van der Waals surface area (Å²) < 4.78 is 2.08. The molecule has 1 aromatic heterocycles. The van der Waals surface area contributed by atoms with E-state index in [4.69, 9.17) is 17.3 Å². The number of pyridine rings is 1. The number of rotatable bonds is 15. The van der Waals surface area contributed by atoms with Gasteiger partial charge in [-0.25, -0.2) is 0 Å². The number of nitrogens with zero attached hydrogens (tertiary/aromatic N) is 5. The van der Waals surface area contributed by atoms with E-state index < -0.39 is 5.97 Å². The number of carbonyl (C=O) groups is 2. The molecular formula is C34H43N5O4S2. The van der Waals surface area contributed by atoms with Gasteiger partial charge < -0.3 is 10.0 Å². The first-order valence-corrected chi connectivity index (χ1v) is 17.1. The van der Waals surface area contributed by atoms with Gasteiger partial charge in [-0.2, -0.15) is 5.26 Å². The molecule has 45 heavy (non-hydrogen) atoms. The average Bonchev–Trinajstić information content (AvgIpc) is 3.29. The lowest BCUT2D eigenvalue weighted by Crippen LogP contribution is -2.48. The van der Waals surface area contributed by atoms with Gasteiger partial charge in [0, 0.05) is 58.3 Å². The minimum Gasteiger partial charge on any atom is -0.481 e. The SMILES string of the molecule is Cc1c(/C=C2/SC(=S)N(CCCCCCCCCCC(=O)O)C2=O)c(N2CCN(Cc3ccccc3)CC2)n(C)c(=O)c1C#N. The van der Waals surface area contributed by atoms with E-state index in [1.807, 2.05) is 24.3 Å². The summed E-state index contributed by atoms with van der Waals surface area (Å²) in [5.74, 6) is -0.136. The molecule has 2 aromatic rings. The summed E-state index contributed by atoms with van der Waals surface area (Å²) >= 11 is 6.88. The Morgan fingerprint density at radius 3 is 2.24 bits per heavy atom. The van der Waals surface area contributed by atoms with Crippen molar-refractivity contribution in [3.8, 4) is 6.07 Å².